The van der Waals surface area contributed by atoms with Gasteiger partial charge in [-0.1, -0.05) is 0 Å². The number of anilines is 1. The van der Waals surface area contributed by atoms with Gasteiger partial charge in [-0.3, -0.25) is 4.79 Å². The monoisotopic (exact) mass is 345 g/mol. The predicted molar refractivity (Wildman–Crippen MR) is 93.5 cm³/mol. The molecule has 3 rings (SSSR count). The van der Waals surface area contributed by atoms with Gasteiger partial charge in [0.25, 0.3) is 5.56 Å². The minimum Gasteiger partial charge on any atom is -0.467 e. The van der Waals surface area contributed by atoms with E-state index in [0.29, 0.717) is 24.4 Å². The number of nitrogens with zero attached hydrogens (tertiary/aromatic N) is 2. The Labute approximate surface area is 145 Å². The Hall–Kier alpha value is -2.54. The van der Waals surface area contributed by atoms with Crippen LogP contribution in [0.25, 0.3) is 0 Å². The van der Waals surface area contributed by atoms with E-state index >= 15 is 0 Å². The van der Waals surface area contributed by atoms with E-state index in [0.717, 1.165) is 18.4 Å². The van der Waals surface area contributed by atoms with Crippen LogP contribution in [-0.4, -0.2) is 33.2 Å². The molecule has 7 heteroatoms. The summed E-state index contributed by atoms with van der Waals surface area (Å²) in [5, 5.41) is 13.0. The predicted octanol–water partition coefficient (Wildman–Crippen LogP) is 2.41. The van der Waals surface area contributed by atoms with Gasteiger partial charge in [-0.05, 0) is 43.5 Å². The third-order valence-corrected chi connectivity index (χ3v) is 4.71. The molecule has 0 saturated carbocycles. The van der Waals surface area contributed by atoms with Crippen molar-refractivity contribution >= 4 is 11.7 Å². The van der Waals surface area contributed by atoms with Crippen LogP contribution in [0, 0.1) is 6.92 Å². The highest BCUT2D eigenvalue weighted by atomic mass is 16.4. The van der Waals surface area contributed by atoms with Crippen LogP contribution < -0.4 is 10.9 Å². The summed E-state index contributed by atoms with van der Waals surface area (Å²) < 4.78 is 6.66. The number of furan rings is 1. The summed E-state index contributed by atoms with van der Waals surface area (Å²) in [5.74, 6) is 0.500. The summed E-state index contributed by atoms with van der Waals surface area (Å²) in [6.07, 6.45) is 4.54. The van der Waals surface area contributed by atoms with Gasteiger partial charge >= 0.3 is 6.03 Å². The van der Waals surface area contributed by atoms with Gasteiger partial charge in [0.2, 0.25) is 0 Å². The number of hydrogen-bond acceptors (Lipinski definition) is 4. The molecule has 1 aliphatic rings. The van der Waals surface area contributed by atoms with E-state index in [1.165, 1.54) is 10.8 Å². The van der Waals surface area contributed by atoms with Gasteiger partial charge in [0.1, 0.15) is 17.6 Å². The molecule has 2 aromatic rings. The highest BCUT2D eigenvalue weighted by Crippen LogP contribution is 2.28. The first-order valence-electron chi connectivity index (χ1n) is 8.42. The molecule has 1 saturated heterocycles. The number of likely N-dealkylation sites (tertiary alicyclic amines) is 1. The summed E-state index contributed by atoms with van der Waals surface area (Å²) in [6.45, 7) is 2.40. The first-order valence-corrected chi connectivity index (χ1v) is 8.42. The number of nitrogens with one attached hydrogen (secondary N) is 1. The number of urea groups is 1. The van der Waals surface area contributed by atoms with E-state index in [4.69, 9.17) is 4.42 Å². The molecule has 1 fully saturated rings. The highest BCUT2D eigenvalue weighted by Gasteiger charge is 2.31. The number of carbonyl (C=O) groups excluding carboxylic acids is 1. The standard InChI is InChI=1S/C18H23N3O4/c1-12-7-9-20(2)17(23)16(12)19-18(24)21-8-3-5-13(21)11-14(22)15-6-4-10-25-15/h4,6-7,9-10,13-14,22H,3,5,8,11H2,1-2H3,(H,19,24)/t13-,14+/m0/s1. The van der Waals surface area contributed by atoms with Crippen molar-refractivity contribution in [1.82, 2.24) is 9.47 Å². The first-order chi connectivity index (χ1) is 12.0. The number of carbonyl (C=O) groups is 1. The van der Waals surface area contributed by atoms with E-state index in [-0.39, 0.29) is 17.6 Å². The topological polar surface area (TPSA) is 87.7 Å². The number of aromatic nitrogens is 1. The molecule has 25 heavy (non-hydrogen) atoms. The van der Waals surface area contributed by atoms with Crippen molar-refractivity contribution in [2.24, 2.45) is 7.05 Å². The van der Waals surface area contributed by atoms with Crippen molar-refractivity contribution in [2.75, 3.05) is 11.9 Å². The number of pyridine rings is 1. The van der Waals surface area contributed by atoms with Crippen molar-refractivity contribution in [3.8, 4) is 0 Å². The van der Waals surface area contributed by atoms with Gasteiger partial charge in [0.05, 0.1) is 6.26 Å². The summed E-state index contributed by atoms with van der Waals surface area (Å²) >= 11 is 0. The first kappa shape index (κ1) is 17.3. The number of aliphatic hydroxyl groups excluding tert-OH is 1. The zero-order chi connectivity index (χ0) is 18.0. The molecule has 3 heterocycles. The molecule has 0 bridgehead atoms. The molecule has 7 nitrogen and oxygen atoms in total. The zero-order valence-electron chi connectivity index (χ0n) is 14.4. The molecule has 0 spiro atoms. The van der Waals surface area contributed by atoms with Crippen LogP contribution >= 0.6 is 0 Å². The Morgan fingerprint density at radius 3 is 3.00 bits per heavy atom. The van der Waals surface area contributed by atoms with E-state index < -0.39 is 6.10 Å². The smallest absolute Gasteiger partial charge is 0.322 e. The molecule has 1 aliphatic heterocycles. The molecule has 0 radical (unpaired) electrons. The number of hydrogen-bond donors (Lipinski definition) is 2. The summed E-state index contributed by atoms with van der Waals surface area (Å²) in [7, 11) is 1.65. The molecular weight excluding hydrogens is 322 g/mol. The van der Waals surface area contributed by atoms with Crippen molar-refractivity contribution in [3.05, 3.63) is 52.3 Å². The van der Waals surface area contributed by atoms with Gasteiger partial charge in [-0.2, -0.15) is 0 Å². The second-order valence-electron chi connectivity index (χ2n) is 6.48. The third-order valence-electron chi connectivity index (χ3n) is 4.71. The van der Waals surface area contributed by atoms with Gasteiger partial charge in [-0.15, -0.1) is 0 Å². The fourth-order valence-electron chi connectivity index (χ4n) is 3.25. The lowest BCUT2D eigenvalue weighted by Gasteiger charge is -2.26. The Morgan fingerprint density at radius 2 is 2.28 bits per heavy atom. The summed E-state index contributed by atoms with van der Waals surface area (Å²) in [5.41, 5.74) is 0.787. The average Bonchev–Trinajstić information content (AvgIpc) is 3.26. The fraction of sp³-hybridized carbons (Fsp3) is 0.444. The quantitative estimate of drug-likeness (QED) is 0.891. The van der Waals surface area contributed by atoms with Gasteiger partial charge < -0.3 is 24.3 Å². The maximum Gasteiger partial charge on any atom is 0.322 e. The van der Waals surface area contributed by atoms with Crippen molar-refractivity contribution in [1.29, 1.82) is 0 Å². The number of rotatable bonds is 4. The molecule has 134 valence electrons. The fourth-order valence-corrected chi connectivity index (χ4v) is 3.25. The van der Waals surface area contributed by atoms with Crippen LogP contribution in [0.2, 0.25) is 0 Å². The van der Waals surface area contributed by atoms with Crippen LogP contribution in [0.5, 0.6) is 0 Å². The van der Waals surface area contributed by atoms with Gasteiger partial charge in [0, 0.05) is 32.3 Å². The maximum absolute atomic E-state index is 12.7. The Kier molecular flexibility index (Phi) is 4.94. The van der Waals surface area contributed by atoms with Gasteiger partial charge in [-0.25, -0.2) is 4.79 Å². The molecule has 0 unspecified atom stereocenters. The second kappa shape index (κ2) is 7.14. The minimum atomic E-state index is -0.750. The Bertz CT molecular complexity index is 797. The molecule has 2 N–H and O–H groups in total. The molecule has 0 aliphatic carbocycles. The van der Waals surface area contributed by atoms with E-state index in [1.807, 2.05) is 0 Å². The van der Waals surface area contributed by atoms with Crippen molar-refractivity contribution in [2.45, 2.75) is 38.3 Å². The van der Waals surface area contributed by atoms with E-state index in [2.05, 4.69) is 5.32 Å². The molecular formula is C18H23N3O4. The molecule has 0 aromatic carbocycles. The third kappa shape index (κ3) is 3.61. The van der Waals surface area contributed by atoms with Crippen molar-refractivity contribution in [3.63, 3.8) is 0 Å². The molecule has 2 atom stereocenters. The Balaban J connectivity index is 1.71. The lowest BCUT2D eigenvalue weighted by Crippen LogP contribution is -2.41. The second-order valence-corrected chi connectivity index (χ2v) is 6.48. The Morgan fingerprint density at radius 1 is 1.48 bits per heavy atom. The molecule has 2 amide bonds. The van der Waals surface area contributed by atoms with E-state index in [9.17, 15) is 14.7 Å². The minimum absolute atomic E-state index is 0.0898. The van der Waals surface area contributed by atoms with Gasteiger partial charge in [0.15, 0.2) is 0 Å². The number of amides is 2. The highest BCUT2D eigenvalue weighted by molar-refractivity contribution is 5.90. The average molecular weight is 345 g/mol. The summed E-state index contributed by atoms with van der Waals surface area (Å²) in [4.78, 5) is 26.6. The van der Waals surface area contributed by atoms with Crippen LogP contribution in [0.15, 0.2) is 39.9 Å². The normalized spacial score (nSPS) is 18.4. The lowest BCUT2D eigenvalue weighted by molar-refractivity contribution is 0.110. The number of aryl methyl sites for hydroxylation is 2. The van der Waals surface area contributed by atoms with E-state index in [1.54, 1.807) is 43.3 Å². The lowest BCUT2D eigenvalue weighted by atomic mass is 10.1. The SMILES string of the molecule is Cc1ccn(C)c(=O)c1NC(=O)N1CCC[C@H]1C[C@@H](O)c1ccco1. The largest absolute Gasteiger partial charge is 0.467 e. The molecule has 2 aromatic heterocycles. The summed E-state index contributed by atoms with van der Waals surface area (Å²) in [6, 6.07) is 4.85. The van der Waals surface area contributed by atoms with Crippen LogP contribution in [0.4, 0.5) is 10.5 Å². The van der Waals surface area contributed by atoms with Crippen LogP contribution in [0.1, 0.15) is 36.7 Å². The van der Waals surface area contributed by atoms with Crippen molar-refractivity contribution < 1.29 is 14.3 Å². The van der Waals surface area contributed by atoms with Crippen LogP contribution in [0.3, 0.4) is 0 Å². The maximum atomic E-state index is 12.7. The zero-order valence-corrected chi connectivity index (χ0v) is 14.4. The van der Waals surface area contributed by atoms with Crippen LogP contribution in [-0.2, 0) is 7.05 Å². The number of aliphatic hydroxyl groups is 1.